The third kappa shape index (κ3) is 1.40. The number of nitrogens with two attached hydrogens (primary N) is 1. The van der Waals surface area contributed by atoms with Crippen LogP contribution in [0.3, 0.4) is 0 Å². The van der Waals surface area contributed by atoms with Gasteiger partial charge in [-0.1, -0.05) is 15.9 Å². The first-order valence-electron chi connectivity index (χ1n) is 4.30. The summed E-state index contributed by atoms with van der Waals surface area (Å²) in [5, 5.41) is 1.10. The smallest absolute Gasteiger partial charge is 0.142 e. The maximum Gasteiger partial charge on any atom is 0.142 e. The molecule has 0 fully saturated rings. The predicted octanol–water partition coefficient (Wildman–Crippen LogP) is 2.40. The highest BCUT2D eigenvalue weighted by Gasteiger charge is 2.07. The molecule has 0 atom stereocenters. The summed E-state index contributed by atoms with van der Waals surface area (Å²) < 4.78 is 6.29. The zero-order valence-corrected chi connectivity index (χ0v) is 9.39. The average molecular weight is 255 g/mol. The van der Waals surface area contributed by atoms with Crippen molar-refractivity contribution in [1.29, 1.82) is 0 Å². The highest BCUT2D eigenvalue weighted by atomic mass is 79.9. The molecule has 3 nitrogen and oxygen atoms in total. The Hall–Kier alpha value is -1.00. The van der Waals surface area contributed by atoms with E-state index in [1.54, 1.807) is 7.11 Å². The number of rotatable bonds is 2. The Morgan fingerprint density at radius 2 is 2.29 bits per heavy atom. The van der Waals surface area contributed by atoms with E-state index in [0.717, 1.165) is 26.8 Å². The number of fused-ring (bicyclic) bond motifs is 1. The maximum absolute atomic E-state index is 5.57. The van der Waals surface area contributed by atoms with E-state index in [1.165, 1.54) is 0 Å². The van der Waals surface area contributed by atoms with E-state index in [1.807, 2.05) is 18.2 Å². The molecule has 0 saturated carbocycles. The van der Waals surface area contributed by atoms with E-state index >= 15 is 0 Å². The van der Waals surface area contributed by atoms with Crippen LogP contribution in [0.5, 0.6) is 5.75 Å². The van der Waals surface area contributed by atoms with Gasteiger partial charge in [-0.2, -0.15) is 0 Å². The standard InChI is InChI=1S/C10H11BrN2O/c1-14-9-3-2-8(11)7-4-6(5-12)13-10(7)9/h2-4,13H,5,12H2,1H3. The molecule has 3 N–H and O–H groups in total. The summed E-state index contributed by atoms with van der Waals surface area (Å²) >= 11 is 3.49. The lowest BCUT2D eigenvalue weighted by atomic mass is 10.2. The van der Waals surface area contributed by atoms with Crippen LogP contribution in [0.15, 0.2) is 22.7 Å². The van der Waals surface area contributed by atoms with Gasteiger partial charge in [0.1, 0.15) is 5.75 Å². The highest BCUT2D eigenvalue weighted by Crippen LogP contribution is 2.31. The Balaban J connectivity index is 2.74. The summed E-state index contributed by atoms with van der Waals surface area (Å²) in [6.07, 6.45) is 0. The molecular weight excluding hydrogens is 244 g/mol. The van der Waals surface area contributed by atoms with Crippen LogP contribution in [0.2, 0.25) is 0 Å². The van der Waals surface area contributed by atoms with Crippen LogP contribution in [0.25, 0.3) is 10.9 Å². The van der Waals surface area contributed by atoms with Gasteiger partial charge in [-0.25, -0.2) is 0 Å². The summed E-state index contributed by atoms with van der Waals surface area (Å²) in [5.74, 6) is 0.836. The molecule has 14 heavy (non-hydrogen) atoms. The lowest BCUT2D eigenvalue weighted by Crippen LogP contribution is -1.95. The number of hydrogen-bond donors (Lipinski definition) is 2. The first-order chi connectivity index (χ1) is 6.76. The Kier molecular flexibility index (Phi) is 2.48. The van der Waals surface area contributed by atoms with Gasteiger partial charge in [0.05, 0.1) is 12.6 Å². The van der Waals surface area contributed by atoms with Crippen LogP contribution in [0.1, 0.15) is 5.69 Å². The van der Waals surface area contributed by atoms with E-state index in [0.29, 0.717) is 6.54 Å². The van der Waals surface area contributed by atoms with E-state index in [9.17, 15) is 0 Å². The molecule has 1 heterocycles. The minimum Gasteiger partial charge on any atom is -0.495 e. The molecule has 1 aromatic carbocycles. The second-order valence-electron chi connectivity index (χ2n) is 3.04. The fraction of sp³-hybridized carbons (Fsp3) is 0.200. The van der Waals surface area contributed by atoms with Crippen molar-refractivity contribution < 1.29 is 4.74 Å². The molecule has 74 valence electrons. The summed E-state index contributed by atoms with van der Waals surface area (Å²) in [5.41, 5.74) is 7.56. The minimum absolute atomic E-state index is 0.504. The molecule has 2 rings (SSSR count). The fourth-order valence-corrected chi connectivity index (χ4v) is 1.94. The molecule has 0 aliphatic rings. The van der Waals surface area contributed by atoms with Gasteiger partial charge in [-0.05, 0) is 18.2 Å². The van der Waals surface area contributed by atoms with Gasteiger partial charge in [0.15, 0.2) is 0 Å². The largest absolute Gasteiger partial charge is 0.495 e. The van der Waals surface area contributed by atoms with Gasteiger partial charge in [-0.3, -0.25) is 0 Å². The van der Waals surface area contributed by atoms with Crippen LogP contribution in [0.4, 0.5) is 0 Å². The number of ether oxygens (including phenoxy) is 1. The zero-order valence-electron chi connectivity index (χ0n) is 7.80. The molecule has 0 amide bonds. The van der Waals surface area contributed by atoms with Gasteiger partial charge in [0.25, 0.3) is 0 Å². The molecule has 4 heteroatoms. The lowest BCUT2D eigenvalue weighted by Gasteiger charge is -2.01. The second kappa shape index (κ2) is 3.63. The Bertz CT molecular complexity index is 464. The Labute approximate surface area is 90.4 Å². The van der Waals surface area contributed by atoms with Crippen LogP contribution >= 0.6 is 15.9 Å². The molecule has 0 bridgehead atoms. The number of halogens is 1. The third-order valence-electron chi connectivity index (χ3n) is 2.20. The first-order valence-corrected chi connectivity index (χ1v) is 5.09. The van der Waals surface area contributed by atoms with Crippen molar-refractivity contribution in [2.75, 3.05) is 7.11 Å². The Morgan fingerprint density at radius 1 is 1.50 bits per heavy atom. The Morgan fingerprint density at radius 3 is 2.93 bits per heavy atom. The molecule has 0 unspecified atom stereocenters. The number of aromatic nitrogens is 1. The topological polar surface area (TPSA) is 51.0 Å². The summed E-state index contributed by atoms with van der Waals surface area (Å²) in [6.45, 7) is 0.504. The molecular formula is C10H11BrN2O. The first kappa shape index (κ1) is 9.55. The van der Waals surface area contributed by atoms with E-state index < -0.39 is 0 Å². The van der Waals surface area contributed by atoms with E-state index in [2.05, 4.69) is 20.9 Å². The normalized spacial score (nSPS) is 10.8. The van der Waals surface area contributed by atoms with E-state index in [4.69, 9.17) is 10.5 Å². The van der Waals surface area contributed by atoms with Crippen LogP contribution < -0.4 is 10.5 Å². The van der Waals surface area contributed by atoms with Crippen molar-refractivity contribution in [3.63, 3.8) is 0 Å². The number of benzene rings is 1. The van der Waals surface area contributed by atoms with E-state index in [-0.39, 0.29) is 0 Å². The van der Waals surface area contributed by atoms with Crippen molar-refractivity contribution in [3.05, 3.63) is 28.4 Å². The molecule has 0 radical (unpaired) electrons. The predicted molar refractivity (Wildman–Crippen MR) is 60.4 cm³/mol. The van der Waals surface area contributed by atoms with Gasteiger partial charge < -0.3 is 15.5 Å². The third-order valence-corrected chi connectivity index (χ3v) is 2.89. The maximum atomic E-state index is 5.57. The monoisotopic (exact) mass is 254 g/mol. The van der Waals surface area contributed by atoms with Crippen molar-refractivity contribution in [2.24, 2.45) is 5.73 Å². The van der Waals surface area contributed by atoms with Crippen LogP contribution in [-0.4, -0.2) is 12.1 Å². The SMILES string of the molecule is COc1ccc(Br)c2cc(CN)[nH]c12. The minimum atomic E-state index is 0.504. The van der Waals surface area contributed by atoms with Gasteiger partial charge >= 0.3 is 0 Å². The highest BCUT2D eigenvalue weighted by molar-refractivity contribution is 9.10. The summed E-state index contributed by atoms with van der Waals surface area (Å²) in [6, 6.07) is 5.92. The molecule has 1 aromatic heterocycles. The quantitative estimate of drug-likeness (QED) is 0.865. The second-order valence-corrected chi connectivity index (χ2v) is 3.89. The van der Waals surface area contributed by atoms with Crippen molar-refractivity contribution in [3.8, 4) is 5.75 Å². The average Bonchev–Trinajstić information content (AvgIpc) is 2.63. The molecule has 0 saturated heterocycles. The fourth-order valence-electron chi connectivity index (χ4n) is 1.50. The van der Waals surface area contributed by atoms with Crippen LogP contribution in [-0.2, 0) is 6.54 Å². The molecule has 0 aliphatic carbocycles. The molecule has 2 aromatic rings. The molecule has 0 spiro atoms. The van der Waals surface area contributed by atoms with Crippen molar-refractivity contribution in [1.82, 2.24) is 4.98 Å². The summed E-state index contributed by atoms with van der Waals surface area (Å²) in [7, 11) is 1.66. The van der Waals surface area contributed by atoms with Gasteiger partial charge in [-0.15, -0.1) is 0 Å². The van der Waals surface area contributed by atoms with Crippen molar-refractivity contribution in [2.45, 2.75) is 6.54 Å². The zero-order chi connectivity index (χ0) is 10.1. The van der Waals surface area contributed by atoms with Crippen molar-refractivity contribution >= 4 is 26.8 Å². The van der Waals surface area contributed by atoms with Crippen LogP contribution in [0, 0.1) is 0 Å². The van der Waals surface area contributed by atoms with Gasteiger partial charge in [0.2, 0.25) is 0 Å². The van der Waals surface area contributed by atoms with Gasteiger partial charge in [0, 0.05) is 22.1 Å². The number of aromatic amines is 1. The number of nitrogens with one attached hydrogen (secondary N) is 1. The number of H-pyrrole nitrogens is 1. The number of methoxy groups -OCH3 is 1. The molecule has 0 aliphatic heterocycles. The lowest BCUT2D eigenvalue weighted by molar-refractivity contribution is 0.419. The summed E-state index contributed by atoms with van der Waals surface area (Å²) in [4.78, 5) is 3.23. The number of hydrogen-bond acceptors (Lipinski definition) is 2.